The normalized spacial score (nSPS) is 11.0. The SMILES string of the molecule is O=C(Nc1ccccc1)c1c(OPO)c2ccccc2[nH]c1=O. The predicted octanol–water partition coefficient (Wildman–Crippen LogP) is 2.66. The van der Waals surface area contributed by atoms with Crippen LogP contribution in [0.1, 0.15) is 10.4 Å². The predicted molar refractivity (Wildman–Crippen MR) is 90.1 cm³/mol. The molecule has 0 aliphatic carbocycles. The number of carbonyl (C=O) groups is 1. The summed E-state index contributed by atoms with van der Waals surface area (Å²) in [5, 5.41) is 3.19. The third kappa shape index (κ3) is 3.08. The minimum Gasteiger partial charge on any atom is -0.448 e. The molecule has 0 spiro atoms. The van der Waals surface area contributed by atoms with Crippen molar-refractivity contribution in [3.05, 3.63) is 70.5 Å². The molecule has 2 aromatic carbocycles. The van der Waals surface area contributed by atoms with Gasteiger partial charge in [0.15, 0.2) is 5.75 Å². The van der Waals surface area contributed by atoms with Crippen molar-refractivity contribution >= 4 is 31.5 Å². The smallest absolute Gasteiger partial charge is 0.265 e. The third-order valence-corrected chi connectivity index (χ3v) is 3.58. The van der Waals surface area contributed by atoms with E-state index >= 15 is 0 Å². The number of hydrogen-bond donors (Lipinski definition) is 3. The molecule has 7 heteroatoms. The maximum Gasteiger partial charge on any atom is 0.265 e. The fraction of sp³-hybridized carbons (Fsp3) is 0. The second-order valence-corrected chi connectivity index (χ2v) is 5.10. The second kappa shape index (κ2) is 6.60. The number of hydrogen-bond acceptors (Lipinski definition) is 4. The van der Waals surface area contributed by atoms with E-state index in [0.717, 1.165) is 0 Å². The van der Waals surface area contributed by atoms with Crippen molar-refractivity contribution in [3.8, 4) is 5.75 Å². The zero-order chi connectivity index (χ0) is 16.2. The van der Waals surface area contributed by atoms with Crippen molar-refractivity contribution in [1.82, 2.24) is 4.98 Å². The van der Waals surface area contributed by atoms with Crippen LogP contribution in [0, 0.1) is 0 Å². The average molecular weight is 328 g/mol. The van der Waals surface area contributed by atoms with E-state index in [4.69, 9.17) is 9.42 Å². The van der Waals surface area contributed by atoms with Gasteiger partial charge >= 0.3 is 0 Å². The van der Waals surface area contributed by atoms with Crippen LogP contribution in [0.3, 0.4) is 0 Å². The van der Waals surface area contributed by atoms with Crippen molar-refractivity contribution in [1.29, 1.82) is 0 Å². The topological polar surface area (TPSA) is 91.4 Å². The standard InChI is InChI=1S/C16H13N2O4P/c19-15(17-10-6-2-1-3-7-10)13-14(22-23-21)11-8-4-5-9-12(11)18-16(13)20/h1-9,21,23H,(H,17,19)(H,18,20). The molecule has 1 atom stereocenters. The summed E-state index contributed by atoms with van der Waals surface area (Å²) in [4.78, 5) is 36.5. The van der Waals surface area contributed by atoms with Gasteiger partial charge in [-0.25, -0.2) is 0 Å². The lowest BCUT2D eigenvalue weighted by atomic mass is 10.1. The molecule has 1 aromatic heterocycles. The number of fused-ring (bicyclic) bond motifs is 1. The summed E-state index contributed by atoms with van der Waals surface area (Å²) in [5.74, 6) is -0.532. The summed E-state index contributed by atoms with van der Waals surface area (Å²) < 4.78 is 5.19. The van der Waals surface area contributed by atoms with E-state index in [0.29, 0.717) is 16.6 Å². The van der Waals surface area contributed by atoms with Gasteiger partial charge in [-0.3, -0.25) is 9.59 Å². The summed E-state index contributed by atoms with van der Waals surface area (Å²) in [6.07, 6.45) is 0. The maximum absolute atomic E-state index is 12.5. The zero-order valence-electron chi connectivity index (χ0n) is 11.9. The van der Waals surface area contributed by atoms with Gasteiger partial charge in [0.2, 0.25) is 9.03 Å². The summed E-state index contributed by atoms with van der Waals surface area (Å²) in [6.45, 7) is 0. The number of rotatable bonds is 4. The molecule has 1 unspecified atom stereocenters. The highest BCUT2D eigenvalue weighted by molar-refractivity contribution is 7.25. The molecule has 3 aromatic rings. The van der Waals surface area contributed by atoms with Crippen molar-refractivity contribution in [3.63, 3.8) is 0 Å². The van der Waals surface area contributed by atoms with Crippen LogP contribution in [-0.2, 0) is 0 Å². The molecule has 0 aliphatic heterocycles. The van der Waals surface area contributed by atoms with Crippen molar-refractivity contribution in [2.75, 3.05) is 5.32 Å². The van der Waals surface area contributed by atoms with Gasteiger partial charge in [-0.2, -0.15) is 0 Å². The largest absolute Gasteiger partial charge is 0.448 e. The van der Waals surface area contributed by atoms with Gasteiger partial charge in [-0.15, -0.1) is 0 Å². The Morgan fingerprint density at radius 2 is 1.78 bits per heavy atom. The van der Waals surface area contributed by atoms with E-state index in [1.807, 2.05) is 6.07 Å². The Morgan fingerprint density at radius 1 is 1.09 bits per heavy atom. The molecule has 23 heavy (non-hydrogen) atoms. The molecular formula is C16H13N2O4P. The van der Waals surface area contributed by atoms with Crippen molar-refractivity contribution in [2.24, 2.45) is 0 Å². The quantitative estimate of drug-likeness (QED) is 0.642. The first-order valence-corrected chi connectivity index (χ1v) is 7.63. The molecule has 116 valence electrons. The Morgan fingerprint density at radius 3 is 2.52 bits per heavy atom. The lowest BCUT2D eigenvalue weighted by Crippen LogP contribution is -2.24. The highest BCUT2D eigenvalue weighted by atomic mass is 31.1. The molecule has 6 nitrogen and oxygen atoms in total. The number of pyridine rings is 1. The monoisotopic (exact) mass is 328 g/mol. The minimum absolute atomic E-state index is 0.0682. The van der Waals surface area contributed by atoms with Gasteiger partial charge in [-0.05, 0) is 24.3 Å². The maximum atomic E-state index is 12.5. The van der Waals surface area contributed by atoms with Gasteiger partial charge in [0, 0.05) is 11.1 Å². The summed E-state index contributed by atoms with van der Waals surface area (Å²) in [7, 11) is -0.881. The number of para-hydroxylation sites is 2. The first kappa shape index (κ1) is 15.2. The average Bonchev–Trinajstić information content (AvgIpc) is 2.56. The molecule has 3 rings (SSSR count). The summed E-state index contributed by atoms with van der Waals surface area (Å²) in [6, 6.07) is 15.7. The molecule has 0 saturated carbocycles. The van der Waals surface area contributed by atoms with Crippen LogP contribution in [0.25, 0.3) is 10.9 Å². The second-order valence-electron chi connectivity index (χ2n) is 4.72. The van der Waals surface area contributed by atoms with Crippen LogP contribution in [0.2, 0.25) is 0 Å². The lowest BCUT2D eigenvalue weighted by molar-refractivity contribution is 0.102. The van der Waals surface area contributed by atoms with E-state index in [2.05, 4.69) is 10.3 Å². The van der Waals surface area contributed by atoms with E-state index < -0.39 is 20.5 Å². The Hall–Kier alpha value is -2.69. The fourth-order valence-corrected chi connectivity index (χ4v) is 2.59. The fourth-order valence-electron chi connectivity index (χ4n) is 2.29. The number of H-pyrrole nitrogens is 1. The van der Waals surface area contributed by atoms with Gasteiger partial charge in [-0.1, -0.05) is 30.3 Å². The van der Waals surface area contributed by atoms with Gasteiger partial charge in [0.05, 0.1) is 5.52 Å². The number of nitrogens with one attached hydrogen (secondary N) is 2. The number of anilines is 1. The van der Waals surface area contributed by atoms with Crippen LogP contribution in [0.15, 0.2) is 59.4 Å². The van der Waals surface area contributed by atoms with Gasteiger partial charge in [0.25, 0.3) is 11.5 Å². The lowest BCUT2D eigenvalue weighted by Gasteiger charge is -2.12. The van der Waals surface area contributed by atoms with Crippen LogP contribution in [0.4, 0.5) is 5.69 Å². The van der Waals surface area contributed by atoms with E-state index in [9.17, 15) is 9.59 Å². The molecule has 0 radical (unpaired) electrons. The van der Waals surface area contributed by atoms with Crippen LogP contribution in [0.5, 0.6) is 5.75 Å². The van der Waals surface area contributed by atoms with Crippen molar-refractivity contribution < 1.29 is 14.2 Å². The third-order valence-electron chi connectivity index (χ3n) is 3.28. The van der Waals surface area contributed by atoms with Gasteiger partial charge in [0.1, 0.15) is 5.56 Å². The van der Waals surface area contributed by atoms with Gasteiger partial charge < -0.3 is 19.7 Å². The van der Waals surface area contributed by atoms with Crippen LogP contribution >= 0.6 is 9.03 Å². The Balaban J connectivity index is 2.12. The Kier molecular flexibility index (Phi) is 4.37. The first-order chi connectivity index (χ1) is 11.2. The number of aromatic nitrogens is 1. The molecule has 1 heterocycles. The Bertz CT molecular complexity index is 909. The highest BCUT2D eigenvalue weighted by Gasteiger charge is 2.21. The Labute approximate surface area is 133 Å². The minimum atomic E-state index is -0.881. The summed E-state index contributed by atoms with van der Waals surface area (Å²) >= 11 is 0. The number of benzene rings is 2. The molecule has 0 fully saturated rings. The van der Waals surface area contributed by atoms with Crippen LogP contribution in [-0.4, -0.2) is 15.8 Å². The van der Waals surface area contributed by atoms with Crippen LogP contribution < -0.4 is 15.4 Å². The number of aromatic amines is 1. The highest BCUT2D eigenvalue weighted by Crippen LogP contribution is 2.30. The molecule has 0 aliphatic rings. The zero-order valence-corrected chi connectivity index (χ0v) is 12.9. The number of carbonyl (C=O) groups excluding carboxylic acids is 1. The van der Waals surface area contributed by atoms with Crippen molar-refractivity contribution in [2.45, 2.75) is 0 Å². The number of amides is 1. The summed E-state index contributed by atoms with van der Waals surface area (Å²) in [5.41, 5.74) is 0.337. The molecular weight excluding hydrogens is 315 g/mol. The first-order valence-electron chi connectivity index (χ1n) is 6.78. The molecule has 0 saturated heterocycles. The van der Waals surface area contributed by atoms with E-state index in [1.54, 1.807) is 48.5 Å². The van der Waals surface area contributed by atoms with E-state index in [1.165, 1.54) is 0 Å². The van der Waals surface area contributed by atoms with E-state index in [-0.39, 0.29) is 11.3 Å². The molecule has 0 bridgehead atoms. The molecule has 3 N–H and O–H groups in total. The molecule has 1 amide bonds.